The van der Waals surface area contributed by atoms with Crippen LogP contribution in [-0.4, -0.2) is 67.6 Å². The van der Waals surface area contributed by atoms with Crippen molar-refractivity contribution in [2.75, 3.05) is 43.6 Å². The van der Waals surface area contributed by atoms with E-state index in [4.69, 9.17) is 19.7 Å². The van der Waals surface area contributed by atoms with Gasteiger partial charge in [0, 0.05) is 37.8 Å². The van der Waals surface area contributed by atoms with E-state index in [1.165, 1.54) is 7.11 Å². The lowest BCUT2D eigenvalue weighted by atomic mass is 9.90. The van der Waals surface area contributed by atoms with Gasteiger partial charge >= 0.3 is 6.09 Å². The minimum Gasteiger partial charge on any atom is -0.453 e. The lowest BCUT2D eigenvalue weighted by Gasteiger charge is -2.35. The number of methoxy groups -OCH3 is 1. The summed E-state index contributed by atoms with van der Waals surface area (Å²) in [5, 5.41) is 6.91. The maximum atomic E-state index is 13.0. The van der Waals surface area contributed by atoms with Gasteiger partial charge < -0.3 is 34.8 Å². The molecule has 1 aromatic heterocycles. The Labute approximate surface area is 234 Å². The molecule has 3 aromatic rings. The lowest BCUT2D eigenvalue weighted by Crippen LogP contribution is -2.43. The number of ether oxygens (including phenoxy) is 2. The number of nitrogens with two attached hydrogens (primary N) is 1. The molecule has 1 saturated carbocycles. The molecule has 1 aliphatic heterocycles. The van der Waals surface area contributed by atoms with Gasteiger partial charge in [-0.3, -0.25) is 4.79 Å². The molecule has 1 saturated heterocycles. The number of nitrogens with zero attached hydrogens (tertiary/aromatic N) is 3. The highest BCUT2D eigenvalue weighted by Gasteiger charge is 2.28. The monoisotopic (exact) mass is 547 g/mol. The minimum absolute atomic E-state index is 0.102. The van der Waals surface area contributed by atoms with Crippen molar-refractivity contribution in [3.05, 3.63) is 65.5 Å². The maximum Gasteiger partial charge on any atom is 0.410 e. The number of rotatable bonds is 7. The van der Waals surface area contributed by atoms with Crippen molar-refractivity contribution in [2.24, 2.45) is 5.73 Å². The van der Waals surface area contributed by atoms with Crippen LogP contribution in [0.2, 0.25) is 0 Å². The molecule has 0 bridgehead atoms. The number of aromatic nitrogens is 1. The predicted octanol–water partition coefficient (Wildman–Crippen LogP) is 4.58. The number of hydrogen-bond donors (Lipinski definition) is 2. The van der Waals surface area contributed by atoms with E-state index in [1.807, 2.05) is 35.2 Å². The van der Waals surface area contributed by atoms with Gasteiger partial charge in [0.25, 0.3) is 5.91 Å². The first-order valence-electron chi connectivity index (χ1n) is 13.8. The highest BCUT2D eigenvalue weighted by Crippen LogP contribution is 2.33. The number of benzene rings is 2. The fraction of sp³-hybridized carbons (Fsp3) is 0.433. The SMILES string of the molecule is COC(=O)N(Cc1cccc(-c2ccc(N3CCOCC3)c(NC(=O)c3cc(C)on3)c2)c1)C1CCC(N)CC1. The van der Waals surface area contributed by atoms with E-state index in [2.05, 4.69) is 27.5 Å². The molecule has 0 spiro atoms. The molecule has 10 nitrogen and oxygen atoms in total. The summed E-state index contributed by atoms with van der Waals surface area (Å²) in [6.07, 6.45) is 3.21. The fourth-order valence-electron chi connectivity index (χ4n) is 5.47. The number of amides is 2. The molecule has 2 fully saturated rings. The van der Waals surface area contributed by atoms with E-state index in [-0.39, 0.29) is 29.8 Å². The Morgan fingerprint density at radius 3 is 2.52 bits per heavy atom. The van der Waals surface area contributed by atoms with E-state index in [1.54, 1.807) is 13.0 Å². The van der Waals surface area contributed by atoms with E-state index in [0.717, 1.165) is 61.2 Å². The smallest absolute Gasteiger partial charge is 0.410 e. The zero-order valence-corrected chi connectivity index (χ0v) is 23.1. The summed E-state index contributed by atoms with van der Waals surface area (Å²) in [6.45, 7) is 4.92. The first-order valence-corrected chi connectivity index (χ1v) is 13.8. The summed E-state index contributed by atoms with van der Waals surface area (Å²) in [5.41, 5.74) is 10.9. The van der Waals surface area contributed by atoms with Gasteiger partial charge in [-0.2, -0.15) is 0 Å². The van der Waals surface area contributed by atoms with Crippen molar-refractivity contribution in [2.45, 2.75) is 51.2 Å². The molecule has 5 rings (SSSR count). The Morgan fingerprint density at radius 2 is 1.82 bits per heavy atom. The molecule has 2 heterocycles. The molecule has 2 aromatic carbocycles. The Morgan fingerprint density at radius 1 is 1.07 bits per heavy atom. The van der Waals surface area contributed by atoms with Crippen LogP contribution in [0.3, 0.4) is 0 Å². The maximum absolute atomic E-state index is 13.0. The molecule has 212 valence electrons. The molecule has 1 aliphatic carbocycles. The van der Waals surface area contributed by atoms with Crippen molar-refractivity contribution in [1.29, 1.82) is 0 Å². The molecule has 0 atom stereocenters. The third-order valence-corrected chi connectivity index (χ3v) is 7.66. The Hall–Kier alpha value is -3.89. The molecular weight excluding hydrogens is 510 g/mol. The summed E-state index contributed by atoms with van der Waals surface area (Å²) in [4.78, 5) is 29.8. The number of hydrogen-bond acceptors (Lipinski definition) is 8. The summed E-state index contributed by atoms with van der Waals surface area (Å²) >= 11 is 0. The van der Waals surface area contributed by atoms with Crippen LogP contribution < -0.4 is 16.0 Å². The van der Waals surface area contributed by atoms with Crippen LogP contribution in [0.4, 0.5) is 16.2 Å². The molecule has 0 unspecified atom stereocenters. The van der Waals surface area contributed by atoms with Crippen LogP contribution in [0.25, 0.3) is 11.1 Å². The first kappa shape index (κ1) is 27.7. The highest BCUT2D eigenvalue weighted by atomic mass is 16.5. The Bertz CT molecular complexity index is 1330. The third kappa shape index (κ3) is 6.46. The Kier molecular flexibility index (Phi) is 8.66. The average molecular weight is 548 g/mol. The minimum atomic E-state index is -0.335. The lowest BCUT2D eigenvalue weighted by molar-refractivity contribution is 0.0879. The summed E-state index contributed by atoms with van der Waals surface area (Å²) < 4.78 is 15.8. The van der Waals surface area contributed by atoms with E-state index in [0.29, 0.717) is 31.2 Å². The van der Waals surface area contributed by atoms with Gasteiger partial charge in [-0.15, -0.1) is 0 Å². The second-order valence-corrected chi connectivity index (χ2v) is 10.5. The van der Waals surface area contributed by atoms with Gasteiger partial charge in [-0.05, 0) is 67.5 Å². The zero-order valence-electron chi connectivity index (χ0n) is 23.1. The zero-order chi connectivity index (χ0) is 28.1. The topological polar surface area (TPSA) is 123 Å². The van der Waals surface area contributed by atoms with Crippen LogP contribution in [-0.2, 0) is 16.0 Å². The molecule has 10 heteroatoms. The van der Waals surface area contributed by atoms with Gasteiger partial charge in [0.1, 0.15) is 5.76 Å². The summed E-state index contributed by atoms with van der Waals surface area (Å²) in [7, 11) is 1.42. The van der Waals surface area contributed by atoms with Crippen LogP contribution in [0.5, 0.6) is 0 Å². The van der Waals surface area contributed by atoms with Crippen LogP contribution in [0, 0.1) is 6.92 Å². The van der Waals surface area contributed by atoms with Gasteiger partial charge in [0.2, 0.25) is 0 Å². The average Bonchev–Trinajstić information content (AvgIpc) is 3.43. The van der Waals surface area contributed by atoms with Crippen molar-refractivity contribution in [3.63, 3.8) is 0 Å². The fourth-order valence-corrected chi connectivity index (χ4v) is 5.47. The van der Waals surface area contributed by atoms with Gasteiger partial charge in [-0.1, -0.05) is 29.4 Å². The van der Waals surface area contributed by atoms with Gasteiger partial charge in [0.05, 0.1) is 31.7 Å². The van der Waals surface area contributed by atoms with Crippen LogP contribution >= 0.6 is 0 Å². The van der Waals surface area contributed by atoms with Gasteiger partial charge in [0.15, 0.2) is 5.69 Å². The normalized spacial score (nSPS) is 19.2. The molecule has 2 aliphatic rings. The predicted molar refractivity (Wildman–Crippen MR) is 152 cm³/mol. The van der Waals surface area contributed by atoms with E-state index < -0.39 is 0 Å². The first-order chi connectivity index (χ1) is 19.4. The number of morpholine rings is 1. The van der Waals surface area contributed by atoms with Crippen LogP contribution in [0.15, 0.2) is 53.1 Å². The highest BCUT2D eigenvalue weighted by molar-refractivity contribution is 6.05. The van der Waals surface area contributed by atoms with Crippen molar-refractivity contribution in [1.82, 2.24) is 10.1 Å². The largest absolute Gasteiger partial charge is 0.453 e. The molecule has 2 amide bonds. The number of aryl methyl sites for hydroxylation is 1. The standard InChI is InChI=1S/C30H37N5O5/c1-20-16-27(33-40-20)29(36)32-26-18-23(6-11-28(26)34-12-14-39-15-13-34)22-5-3-4-21(17-22)19-35(30(37)38-2)25-9-7-24(31)8-10-25/h3-6,11,16-18,24-25H,7-10,12-15,19,31H2,1-2H3,(H,32,36). The number of carbonyl (C=O) groups is 2. The van der Waals surface area contributed by atoms with E-state index in [9.17, 15) is 9.59 Å². The van der Waals surface area contributed by atoms with Crippen molar-refractivity contribution in [3.8, 4) is 11.1 Å². The number of nitrogens with one attached hydrogen (secondary N) is 1. The number of anilines is 2. The van der Waals surface area contributed by atoms with Crippen molar-refractivity contribution < 1.29 is 23.6 Å². The second-order valence-electron chi connectivity index (χ2n) is 10.5. The summed E-state index contributed by atoms with van der Waals surface area (Å²) in [5.74, 6) is 0.236. The summed E-state index contributed by atoms with van der Waals surface area (Å²) in [6, 6.07) is 16.1. The third-order valence-electron chi connectivity index (χ3n) is 7.66. The molecule has 3 N–H and O–H groups in total. The molecular formula is C30H37N5O5. The van der Waals surface area contributed by atoms with E-state index >= 15 is 0 Å². The van der Waals surface area contributed by atoms with Crippen LogP contribution in [0.1, 0.15) is 47.5 Å². The quantitative estimate of drug-likeness (QED) is 0.441. The molecule has 0 radical (unpaired) electrons. The molecule has 40 heavy (non-hydrogen) atoms. The second kappa shape index (κ2) is 12.5. The Balaban J connectivity index is 1.42. The van der Waals surface area contributed by atoms with Crippen molar-refractivity contribution >= 4 is 23.4 Å². The number of carbonyl (C=O) groups excluding carboxylic acids is 2. The van der Waals surface area contributed by atoms with Gasteiger partial charge in [-0.25, -0.2) is 4.79 Å².